The molecule has 0 spiro atoms. The number of phenols is 6. The molecule has 0 bridgehead atoms. The molecule has 0 aliphatic carbocycles. The molecule has 0 aromatic heterocycles. The molecule has 556 valence electrons. The van der Waals surface area contributed by atoms with Gasteiger partial charge in [-0.05, 0) is 252 Å². The molecule has 0 atom stereocenters. The zero-order valence-corrected chi connectivity index (χ0v) is 63.2. The number of benzene rings is 12. The van der Waals surface area contributed by atoms with Gasteiger partial charge in [0.2, 0.25) is 0 Å². The first-order valence-electron chi connectivity index (χ1n) is 35.9. The molecule has 0 amide bonds. The van der Waals surface area contributed by atoms with Gasteiger partial charge in [-0.15, -0.1) is 0 Å². The van der Waals surface area contributed by atoms with Crippen molar-refractivity contribution < 1.29 is 73.3 Å². The van der Waals surface area contributed by atoms with Gasteiger partial charge in [0.1, 0.15) is 101 Å². The molecule has 15 nitrogen and oxygen atoms in total. The van der Waals surface area contributed by atoms with Gasteiger partial charge in [-0.3, -0.25) is 0 Å². The van der Waals surface area contributed by atoms with Crippen LogP contribution in [0.4, 0.5) is 0 Å². The van der Waals surface area contributed by atoms with Crippen LogP contribution in [0, 0.1) is 41.5 Å². The summed E-state index contributed by atoms with van der Waals surface area (Å²) in [6.45, 7) is 13.7. The SMILES string of the molecule is COc1ccc(C2=C(c3ccc(O)c(O)c3)COc3c2ccc(C)c3C)cc1.COc1ccc(C2=C(c3ccc(O)cc3)COc3c2ccc(C)c3C)cc1.COc1ccc(C2=C(c3cccc(O)c3)COc3c2ccc(O)c3C)cc1.COc1ccc(C2=C(c3cccc(OC)c3)COc3c2ccc(O)c3C)cc1. The number of aryl methyl sites for hydroxylation is 2. The fourth-order valence-electron chi connectivity index (χ4n) is 14.1. The Morgan fingerprint density at radius 2 is 0.536 bits per heavy atom. The Kier molecular flexibility index (Phi) is 22.3. The number of phenolic OH excluding ortho intramolecular Hbond substituents is 6. The van der Waals surface area contributed by atoms with Crippen LogP contribution < -0.4 is 42.6 Å². The Bertz CT molecular complexity index is 5550. The third-order valence-corrected chi connectivity index (χ3v) is 20.5. The van der Waals surface area contributed by atoms with Crippen LogP contribution in [-0.4, -0.2) is 92.6 Å². The van der Waals surface area contributed by atoms with E-state index in [9.17, 15) is 30.6 Å². The summed E-state index contributed by atoms with van der Waals surface area (Å²) in [5, 5.41) is 59.5. The van der Waals surface area contributed by atoms with Crippen LogP contribution in [-0.2, 0) is 0 Å². The van der Waals surface area contributed by atoms with E-state index >= 15 is 0 Å². The van der Waals surface area contributed by atoms with Crippen molar-refractivity contribution in [2.24, 2.45) is 0 Å². The summed E-state index contributed by atoms with van der Waals surface area (Å²) in [6, 6.07) is 74.8. The predicted molar refractivity (Wildman–Crippen MR) is 434 cm³/mol. The average Bonchev–Trinajstić information content (AvgIpc) is 0.777. The maximum atomic E-state index is 10.1. The van der Waals surface area contributed by atoms with Gasteiger partial charge in [0.25, 0.3) is 0 Å². The first kappa shape index (κ1) is 74.9. The van der Waals surface area contributed by atoms with Crippen molar-refractivity contribution >= 4 is 44.6 Å². The van der Waals surface area contributed by atoms with E-state index in [2.05, 4.69) is 70.2 Å². The van der Waals surface area contributed by atoms with Crippen LogP contribution in [0.25, 0.3) is 44.6 Å². The quantitative estimate of drug-likeness (QED) is 0.0594. The monoisotopic (exact) mass is 1470 g/mol. The molecular weight excluding hydrogens is 1380 g/mol. The standard InChI is InChI=1S/2C24H22O4.C24H22O3.C23H20O4/c1-14-4-10-19-23(16-5-8-18(27-3)9-6-16)20(13-28-24(19)15(14)2)17-7-11-21(25)22(26)12-17;1-15-22(25)12-11-20-23(16-7-9-18(26-2)10-8-16)21(14-28-24(15)20)17-5-4-6-19(13-17)27-3;1-15-4-13-21-23(18-7-11-20(26-3)12-8-18)22(14-27-24(21)16(15)2)17-5-9-19(25)10-6-17;1-14-21(25)11-10-19-22(15-6-8-18(26-2)9-7-15)20(13-27-23(14)19)16-4-3-5-17(24)12-16/h4-12,25-26H,13H2,1-3H3;4-13,25H,14H2,1-3H3;4-13,25H,14H2,1-3H3;3-12,24-25H,13H2,1-2H3. The second-order valence-electron chi connectivity index (χ2n) is 27.0. The third kappa shape index (κ3) is 15.5. The molecule has 12 aromatic rings. The molecule has 0 saturated carbocycles. The summed E-state index contributed by atoms with van der Waals surface area (Å²) in [5.41, 5.74) is 26.6. The first-order valence-corrected chi connectivity index (χ1v) is 35.9. The number of rotatable bonds is 13. The highest BCUT2D eigenvalue weighted by molar-refractivity contribution is 6.06. The predicted octanol–water partition coefficient (Wildman–Crippen LogP) is 20.3. The number of fused-ring (bicyclic) bond motifs is 4. The second-order valence-corrected chi connectivity index (χ2v) is 27.0. The summed E-state index contributed by atoms with van der Waals surface area (Å²) in [6.07, 6.45) is 0. The third-order valence-electron chi connectivity index (χ3n) is 20.5. The second kappa shape index (κ2) is 32.8. The van der Waals surface area contributed by atoms with E-state index in [0.29, 0.717) is 37.7 Å². The number of ether oxygens (including phenoxy) is 9. The number of aromatic hydroxyl groups is 6. The van der Waals surface area contributed by atoms with Crippen LogP contribution in [0.5, 0.6) is 86.2 Å². The van der Waals surface area contributed by atoms with Gasteiger partial charge in [-0.2, -0.15) is 0 Å². The molecule has 0 unspecified atom stereocenters. The molecule has 15 heteroatoms. The van der Waals surface area contributed by atoms with Crippen molar-refractivity contribution in [3.8, 4) is 86.2 Å². The summed E-state index contributed by atoms with van der Waals surface area (Å²) >= 11 is 0. The van der Waals surface area contributed by atoms with Crippen molar-refractivity contribution in [1.29, 1.82) is 0 Å². The minimum atomic E-state index is -0.148. The summed E-state index contributed by atoms with van der Waals surface area (Å²) < 4.78 is 51.0. The van der Waals surface area contributed by atoms with Gasteiger partial charge in [-0.25, -0.2) is 0 Å². The molecule has 0 radical (unpaired) electrons. The Labute approximate surface area is 640 Å². The minimum absolute atomic E-state index is 0.140. The summed E-state index contributed by atoms with van der Waals surface area (Å²) in [5.74, 6) is 7.88. The van der Waals surface area contributed by atoms with E-state index in [4.69, 9.17) is 42.6 Å². The Morgan fingerprint density at radius 1 is 0.236 bits per heavy atom. The molecule has 4 aliphatic rings. The van der Waals surface area contributed by atoms with Crippen LogP contribution in [0.3, 0.4) is 0 Å². The maximum absolute atomic E-state index is 10.1. The number of methoxy groups -OCH3 is 5. The number of hydrogen-bond acceptors (Lipinski definition) is 15. The fourth-order valence-corrected chi connectivity index (χ4v) is 14.1. The molecule has 12 aromatic carbocycles. The topological polar surface area (TPSA) is 204 Å². The minimum Gasteiger partial charge on any atom is -0.508 e. The van der Waals surface area contributed by atoms with E-state index in [0.717, 1.165) is 168 Å². The van der Waals surface area contributed by atoms with Gasteiger partial charge >= 0.3 is 0 Å². The van der Waals surface area contributed by atoms with Crippen LogP contribution in [0.2, 0.25) is 0 Å². The Morgan fingerprint density at radius 3 is 0.891 bits per heavy atom. The van der Waals surface area contributed by atoms with E-state index in [1.54, 1.807) is 84.1 Å². The molecule has 0 saturated heterocycles. The van der Waals surface area contributed by atoms with Gasteiger partial charge in [0.15, 0.2) is 11.5 Å². The highest BCUT2D eigenvalue weighted by atomic mass is 16.5. The van der Waals surface area contributed by atoms with Gasteiger partial charge in [0.05, 0.1) is 35.5 Å². The summed E-state index contributed by atoms with van der Waals surface area (Å²) in [7, 11) is 8.28. The van der Waals surface area contributed by atoms with Crippen molar-refractivity contribution in [2.45, 2.75) is 41.5 Å². The lowest BCUT2D eigenvalue weighted by Crippen LogP contribution is -2.13. The normalized spacial score (nSPS) is 13.1. The number of hydrogen-bond donors (Lipinski definition) is 6. The summed E-state index contributed by atoms with van der Waals surface area (Å²) in [4.78, 5) is 0. The largest absolute Gasteiger partial charge is 0.508 e. The lowest BCUT2D eigenvalue weighted by atomic mass is 9.86. The smallest absolute Gasteiger partial charge is 0.158 e. The maximum Gasteiger partial charge on any atom is 0.158 e. The van der Waals surface area contributed by atoms with Crippen LogP contribution in [0.15, 0.2) is 237 Å². The lowest BCUT2D eigenvalue weighted by Gasteiger charge is -2.27. The molecule has 4 aliphatic heterocycles. The lowest BCUT2D eigenvalue weighted by molar-refractivity contribution is 0.357. The van der Waals surface area contributed by atoms with Crippen molar-refractivity contribution in [3.05, 3.63) is 337 Å². The zero-order valence-electron chi connectivity index (χ0n) is 63.2. The molecule has 6 N–H and O–H groups in total. The molecule has 16 rings (SSSR count). The average molecular weight is 1470 g/mol. The molecule has 110 heavy (non-hydrogen) atoms. The molecule has 4 heterocycles. The Hall–Kier alpha value is -13.4. The van der Waals surface area contributed by atoms with Gasteiger partial charge in [-0.1, -0.05) is 115 Å². The van der Waals surface area contributed by atoms with Gasteiger partial charge < -0.3 is 73.3 Å². The van der Waals surface area contributed by atoms with Crippen molar-refractivity contribution in [1.82, 2.24) is 0 Å². The van der Waals surface area contributed by atoms with Crippen LogP contribution >= 0.6 is 0 Å². The van der Waals surface area contributed by atoms with Crippen LogP contribution in [0.1, 0.15) is 100 Å². The highest BCUT2D eigenvalue weighted by Gasteiger charge is 2.30. The first-order chi connectivity index (χ1) is 53.3. The highest BCUT2D eigenvalue weighted by Crippen LogP contribution is 2.50. The molecular formula is C95H86O15. The molecule has 0 fully saturated rings. The van der Waals surface area contributed by atoms with Gasteiger partial charge in [0, 0.05) is 55.7 Å². The van der Waals surface area contributed by atoms with E-state index in [1.807, 2.05) is 153 Å². The van der Waals surface area contributed by atoms with E-state index in [-0.39, 0.29) is 34.5 Å². The Balaban J connectivity index is 0.000000129. The van der Waals surface area contributed by atoms with E-state index in [1.165, 1.54) is 22.8 Å². The van der Waals surface area contributed by atoms with Crippen molar-refractivity contribution in [3.63, 3.8) is 0 Å². The van der Waals surface area contributed by atoms with Crippen molar-refractivity contribution in [2.75, 3.05) is 62.0 Å². The van der Waals surface area contributed by atoms with E-state index < -0.39 is 0 Å². The fraction of sp³-hybridized carbons (Fsp3) is 0.158. The zero-order chi connectivity index (χ0) is 77.4.